The average molecular weight is 489 g/mol. The number of phenolic OH excluding ortho intramolecular Hbond substituents is 1. The number of unbranched alkanes of at least 4 members (excludes halogenated alkanes) is 18. The lowest BCUT2D eigenvalue weighted by Crippen LogP contribution is -2.40. The summed E-state index contributed by atoms with van der Waals surface area (Å²) in [7, 11) is 0. The van der Waals surface area contributed by atoms with Crippen LogP contribution in [-0.4, -0.2) is 28.4 Å². The van der Waals surface area contributed by atoms with Crippen molar-refractivity contribution >= 4 is 11.8 Å². The number of nitrogens with zero attached hydrogens (tertiary/aromatic N) is 1. The molecule has 2 amide bonds. The van der Waals surface area contributed by atoms with Gasteiger partial charge in [0.25, 0.3) is 0 Å². The highest BCUT2D eigenvalue weighted by molar-refractivity contribution is 6.34. The fourth-order valence-corrected chi connectivity index (χ4v) is 4.61. The first-order valence-electron chi connectivity index (χ1n) is 14.4. The van der Waals surface area contributed by atoms with E-state index in [1.807, 2.05) is 0 Å². The number of phenols is 1. The van der Waals surface area contributed by atoms with Gasteiger partial charge in [-0.1, -0.05) is 135 Å². The molecule has 1 aromatic rings. The van der Waals surface area contributed by atoms with E-state index in [-0.39, 0.29) is 5.75 Å². The molecule has 0 aromatic heterocycles. The summed E-state index contributed by atoms with van der Waals surface area (Å²) in [6, 6.07) is 6.68. The first kappa shape index (κ1) is 31.0. The highest BCUT2D eigenvalue weighted by atomic mass is 16.3. The number of carbonyl (C=O) groups excluding carboxylic acids is 2. The molecule has 5 nitrogen and oxygen atoms in total. The van der Waals surface area contributed by atoms with Crippen molar-refractivity contribution in [1.29, 1.82) is 0 Å². The Kier molecular flexibility index (Phi) is 18.8. The third kappa shape index (κ3) is 17.1. The molecule has 5 heteroatoms. The van der Waals surface area contributed by atoms with Crippen LogP contribution in [-0.2, 0) is 16.1 Å². The van der Waals surface area contributed by atoms with E-state index in [9.17, 15) is 14.7 Å². The molecule has 0 atom stereocenters. The normalized spacial score (nSPS) is 11.0. The van der Waals surface area contributed by atoms with Crippen LogP contribution >= 0.6 is 0 Å². The number of aromatic hydroxyl groups is 1. The minimum atomic E-state index is -0.915. The number of carbonyl (C=O) groups is 2. The highest BCUT2D eigenvalue weighted by Crippen LogP contribution is 2.16. The molecule has 0 heterocycles. The topological polar surface area (TPSA) is 83.6 Å². The van der Waals surface area contributed by atoms with Crippen molar-refractivity contribution in [3.8, 4) is 5.75 Å². The molecule has 0 aliphatic heterocycles. The van der Waals surface area contributed by atoms with Crippen LogP contribution < -0.4 is 5.73 Å². The van der Waals surface area contributed by atoms with Crippen LogP contribution in [0.15, 0.2) is 24.3 Å². The molecule has 200 valence electrons. The van der Waals surface area contributed by atoms with Gasteiger partial charge < -0.3 is 15.7 Å². The molecule has 3 N–H and O–H groups in total. The minimum Gasteiger partial charge on any atom is -0.508 e. The van der Waals surface area contributed by atoms with Gasteiger partial charge in [-0.2, -0.15) is 0 Å². The number of primary amides is 1. The van der Waals surface area contributed by atoms with Gasteiger partial charge in [0, 0.05) is 13.1 Å². The van der Waals surface area contributed by atoms with Crippen molar-refractivity contribution in [2.75, 3.05) is 6.54 Å². The van der Waals surface area contributed by atoms with E-state index in [2.05, 4.69) is 6.92 Å². The van der Waals surface area contributed by atoms with Gasteiger partial charge in [0.1, 0.15) is 5.75 Å². The molecular weight excluding hydrogens is 436 g/mol. The highest BCUT2D eigenvalue weighted by Gasteiger charge is 2.18. The second-order valence-electron chi connectivity index (χ2n) is 10.1. The quantitative estimate of drug-likeness (QED) is 0.130. The Balaban J connectivity index is 1.96. The van der Waals surface area contributed by atoms with Gasteiger partial charge >= 0.3 is 11.8 Å². The second kappa shape index (κ2) is 21.3. The zero-order valence-corrected chi connectivity index (χ0v) is 22.4. The van der Waals surface area contributed by atoms with E-state index in [1.54, 1.807) is 24.3 Å². The van der Waals surface area contributed by atoms with E-state index in [0.717, 1.165) is 24.8 Å². The number of nitrogens with two attached hydrogens (primary N) is 1. The van der Waals surface area contributed by atoms with Gasteiger partial charge in [0.15, 0.2) is 0 Å². The van der Waals surface area contributed by atoms with Crippen LogP contribution in [0.2, 0.25) is 0 Å². The maximum Gasteiger partial charge on any atom is 0.311 e. The van der Waals surface area contributed by atoms with Crippen LogP contribution in [0, 0.1) is 0 Å². The van der Waals surface area contributed by atoms with Gasteiger partial charge in [-0.05, 0) is 24.1 Å². The molecule has 0 radical (unpaired) electrons. The molecule has 0 saturated carbocycles. The number of hydrogen-bond donors (Lipinski definition) is 2. The molecule has 0 fully saturated rings. The SMILES string of the molecule is CCCCCCCCCCCCCCCCCCCCCN(Cc1ccc(O)cc1)C(=O)C(N)=O. The Morgan fingerprint density at radius 3 is 1.40 bits per heavy atom. The first-order chi connectivity index (χ1) is 17.0. The molecule has 1 aromatic carbocycles. The maximum absolute atomic E-state index is 12.1. The summed E-state index contributed by atoms with van der Waals surface area (Å²) in [6.45, 7) is 3.14. The van der Waals surface area contributed by atoms with Gasteiger partial charge in [-0.3, -0.25) is 9.59 Å². The Morgan fingerprint density at radius 1 is 0.657 bits per heavy atom. The van der Waals surface area contributed by atoms with E-state index in [4.69, 9.17) is 5.73 Å². The summed E-state index contributed by atoms with van der Waals surface area (Å²) in [6.07, 6.45) is 25.2. The van der Waals surface area contributed by atoms with Crippen molar-refractivity contribution < 1.29 is 14.7 Å². The monoisotopic (exact) mass is 488 g/mol. The lowest BCUT2D eigenvalue weighted by atomic mass is 10.0. The lowest BCUT2D eigenvalue weighted by molar-refractivity contribution is -0.144. The second-order valence-corrected chi connectivity index (χ2v) is 10.1. The first-order valence-corrected chi connectivity index (χ1v) is 14.4. The van der Waals surface area contributed by atoms with E-state index < -0.39 is 11.8 Å². The van der Waals surface area contributed by atoms with Crippen LogP contribution in [0.3, 0.4) is 0 Å². The zero-order chi connectivity index (χ0) is 25.6. The number of benzene rings is 1. The average Bonchev–Trinajstić information content (AvgIpc) is 2.85. The minimum absolute atomic E-state index is 0.181. The standard InChI is InChI=1S/C30H52N2O3/c1-2-3-4-5-6-7-8-9-10-11-12-13-14-15-16-17-18-19-20-25-32(30(35)29(31)34)26-27-21-23-28(33)24-22-27/h21-24,33H,2-20,25-26H2,1H3,(H2,31,34). The molecule has 0 saturated heterocycles. The summed E-state index contributed by atoms with van der Waals surface area (Å²) in [5, 5.41) is 9.41. The van der Waals surface area contributed by atoms with Gasteiger partial charge in [-0.25, -0.2) is 0 Å². The Labute approximate surface area is 214 Å². The van der Waals surface area contributed by atoms with E-state index in [1.165, 1.54) is 108 Å². The summed E-state index contributed by atoms with van der Waals surface area (Å²) < 4.78 is 0. The maximum atomic E-state index is 12.1. The van der Waals surface area contributed by atoms with Crippen LogP contribution in [0.5, 0.6) is 5.75 Å². The van der Waals surface area contributed by atoms with Crippen LogP contribution in [0.4, 0.5) is 0 Å². The van der Waals surface area contributed by atoms with Crippen molar-refractivity contribution in [3.63, 3.8) is 0 Å². The largest absolute Gasteiger partial charge is 0.508 e. The van der Waals surface area contributed by atoms with Gasteiger partial charge in [-0.15, -0.1) is 0 Å². The van der Waals surface area contributed by atoms with E-state index >= 15 is 0 Å². The summed E-state index contributed by atoms with van der Waals surface area (Å²) in [5.41, 5.74) is 6.09. The Bertz CT molecular complexity index is 660. The fraction of sp³-hybridized carbons (Fsp3) is 0.733. The fourth-order valence-electron chi connectivity index (χ4n) is 4.61. The Hall–Kier alpha value is -2.04. The molecular formula is C30H52N2O3. The molecule has 0 bridgehead atoms. The van der Waals surface area contributed by atoms with Gasteiger partial charge in [0.05, 0.1) is 0 Å². The lowest BCUT2D eigenvalue weighted by Gasteiger charge is -2.21. The summed E-state index contributed by atoms with van der Waals surface area (Å²) >= 11 is 0. The molecule has 1 rings (SSSR count). The number of hydrogen-bond acceptors (Lipinski definition) is 3. The summed E-state index contributed by atoms with van der Waals surface area (Å²) in [5.74, 6) is -1.37. The van der Waals surface area contributed by atoms with Crippen LogP contribution in [0.1, 0.15) is 134 Å². The summed E-state index contributed by atoms with van der Waals surface area (Å²) in [4.78, 5) is 25.0. The molecule has 35 heavy (non-hydrogen) atoms. The zero-order valence-electron chi connectivity index (χ0n) is 22.4. The van der Waals surface area contributed by atoms with Crippen molar-refractivity contribution in [2.24, 2.45) is 5.73 Å². The Morgan fingerprint density at radius 2 is 1.03 bits per heavy atom. The third-order valence-electron chi connectivity index (χ3n) is 6.84. The number of amides is 2. The smallest absolute Gasteiger partial charge is 0.311 e. The molecule has 0 aliphatic carbocycles. The predicted octanol–water partition coefficient (Wildman–Crippen LogP) is 7.64. The molecule has 0 unspecified atom stereocenters. The van der Waals surface area contributed by atoms with Gasteiger partial charge in [0.2, 0.25) is 0 Å². The molecule has 0 spiro atoms. The van der Waals surface area contributed by atoms with Crippen LogP contribution in [0.25, 0.3) is 0 Å². The van der Waals surface area contributed by atoms with Crippen molar-refractivity contribution in [3.05, 3.63) is 29.8 Å². The van der Waals surface area contributed by atoms with E-state index in [0.29, 0.717) is 13.1 Å². The molecule has 0 aliphatic rings. The number of rotatable bonds is 22. The van der Waals surface area contributed by atoms with Crippen molar-refractivity contribution in [1.82, 2.24) is 4.90 Å². The third-order valence-corrected chi connectivity index (χ3v) is 6.84. The van der Waals surface area contributed by atoms with Crippen molar-refractivity contribution in [2.45, 2.75) is 135 Å². The predicted molar refractivity (Wildman–Crippen MR) is 146 cm³/mol.